The van der Waals surface area contributed by atoms with Crippen LogP contribution in [0.5, 0.6) is 5.75 Å². The molecule has 0 unspecified atom stereocenters. The highest BCUT2D eigenvalue weighted by Crippen LogP contribution is 2.16. The van der Waals surface area contributed by atoms with E-state index in [1.165, 1.54) is 0 Å². The molecule has 0 aromatic heterocycles. The van der Waals surface area contributed by atoms with Gasteiger partial charge >= 0.3 is 11.9 Å². The zero-order chi connectivity index (χ0) is 18.7. The molecule has 0 bridgehead atoms. The Balaban J connectivity index is 0.000000251. The Labute approximate surface area is 153 Å². The molecular formula is C17H19BrN2O5. The van der Waals surface area contributed by atoms with Gasteiger partial charge in [0.1, 0.15) is 18.8 Å². The molecule has 0 saturated carbocycles. The van der Waals surface area contributed by atoms with E-state index in [9.17, 15) is 9.59 Å². The molecule has 0 atom stereocenters. The Bertz CT molecular complexity index is 709. The predicted octanol–water partition coefficient (Wildman–Crippen LogP) is 3.14. The van der Waals surface area contributed by atoms with E-state index in [4.69, 9.17) is 14.9 Å². The Morgan fingerprint density at radius 3 is 1.96 bits per heavy atom. The number of hydrogen-bond acceptors (Lipinski definition) is 5. The maximum atomic E-state index is 10.2. The second-order valence-electron chi connectivity index (χ2n) is 4.74. The molecule has 4 N–H and O–H groups in total. The number of carboxylic acid groups (broad SMARTS) is 2. The first-order valence-corrected chi connectivity index (χ1v) is 8.01. The molecule has 8 heteroatoms. The van der Waals surface area contributed by atoms with Crippen LogP contribution >= 0.6 is 15.9 Å². The second-order valence-corrected chi connectivity index (χ2v) is 5.65. The summed E-state index contributed by atoms with van der Waals surface area (Å²) in [7, 11) is 1.57. The molecule has 0 aliphatic rings. The molecule has 0 aliphatic heterocycles. The molecule has 0 spiro atoms. The summed E-state index contributed by atoms with van der Waals surface area (Å²) < 4.78 is 5.90. The van der Waals surface area contributed by atoms with Gasteiger partial charge in [-0.05, 0) is 30.3 Å². The number of carboxylic acids is 2. The minimum atomic E-state index is -0.886. The van der Waals surface area contributed by atoms with Crippen molar-refractivity contribution in [2.24, 2.45) is 0 Å². The van der Waals surface area contributed by atoms with Crippen LogP contribution in [-0.2, 0) is 9.59 Å². The molecule has 25 heavy (non-hydrogen) atoms. The van der Waals surface area contributed by atoms with Crippen LogP contribution in [0.2, 0.25) is 0 Å². The Kier molecular flexibility index (Phi) is 8.87. The number of benzene rings is 2. The topological polar surface area (TPSA) is 108 Å². The van der Waals surface area contributed by atoms with Crippen molar-refractivity contribution in [1.29, 1.82) is 0 Å². The van der Waals surface area contributed by atoms with E-state index in [-0.39, 0.29) is 13.1 Å². The summed E-state index contributed by atoms with van der Waals surface area (Å²) in [5.74, 6) is -1.05. The largest absolute Gasteiger partial charge is 0.497 e. The standard InChI is InChI=1S/C9H11NO3.C8H8BrNO2/c1-13-8-4-2-3-7(5-8)10-6-9(11)12;9-6-2-1-3-7(4-6)10-5-8(11)12/h2-5,10H,6H2,1H3,(H,11,12);1-4,10H,5H2,(H,11,12). The minimum Gasteiger partial charge on any atom is -0.497 e. The predicted molar refractivity (Wildman–Crippen MR) is 99.4 cm³/mol. The fraction of sp³-hybridized carbons (Fsp3) is 0.176. The number of anilines is 2. The van der Waals surface area contributed by atoms with Gasteiger partial charge in [0.25, 0.3) is 0 Å². The van der Waals surface area contributed by atoms with Crippen molar-refractivity contribution in [3.63, 3.8) is 0 Å². The number of aliphatic carboxylic acids is 2. The van der Waals surface area contributed by atoms with Crippen LogP contribution in [0, 0.1) is 0 Å². The van der Waals surface area contributed by atoms with Gasteiger partial charge in [-0.1, -0.05) is 28.1 Å². The molecular weight excluding hydrogens is 392 g/mol. The molecule has 0 fully saturated rings. The smallest absolute Gasteiger partial charge is 0.322 e. The van der Waals surface area contributed by atoms with Gasteiger partial charge in [-0.3, -0.25) is 9.59 Å². The van der Waals surface area contributed by atoms with Crippen molar-refractivity contribution in [1.82, 2.24) is 0 Å². The van der Waals surface area contributed by atoms with Crippen molar-refractivity contribution in [3.8, 4) is 5.75 Å². The highest BCUT2D eigenvalue weighted by Gasteiger charge is 1.98. The van der Waals surface area contributed by atoms with E-state index in [0.717, 1.165) is 15.8 Å². The van der Waals surface area contributed by atoms with Crippen LogP contribution in [-0.4, -0.2) is 42.4 Å². The second kappa shape index (κ2) is 10.9. The fourth-order valence-electron chi connectivity index (χ4n) is 1.69. The fourth-order valence-corrected chi connectivity index (χ4v) is 2.09. The summed E-state index contributed by atoms with van der Waals surface area (Å²) in [5, 5.41) is 22.3. The SMILES string of the molecule is COc1cccc(NCC(=O)O)c1.O=C(O)CNc1cccc(Br)c1. The minimum absolute atomic E-state index is 0.0591. The summed E-state index contributed by atoms with van der Waals surface area (Å²) in [6, 6.07) is 14.5. The maximum absolute atomic E-state index is 10.2. The third kappa shape index (κ3) is 9.21. The van der Waals surface area contributed by atoms with Crippen molar-refractivity contribution < 1.29 is 24.5 Å². The van der Waals surface area contributed by atoms with Crippen molar-refractivity contribution in [2.75, 3.05) is 30.8 Å². The number of methoxy groups -OCH3 is 1. The summed E-state index contributed by atoms with van der Waals surface area (Å²) >= 11 is 3.28. The summed E-state index contributed by atoms with van der Waals surface area (Å²) in [6.07, 6.45) is 0. The van der Waals surface area contributed by atoms with E-state index in [1.54, 1.807) is 31.4 Å². The highest BCUT2D eigenvalue weighted by molar-refractivity contribution is 9.10. The Hall–Kier alpha value is -2.74. The maximum Gasteiger partial charge on any atom is 0.322 e. The van der Waals surface area contributed by atoms with Gasteiger partial charge < -0.3 is 25.6 Å². The van der Waals surface area contributed by atoms with Crippen LogP contribution in [0.4, 0.5) is 11.4 Å². The number of rotatable bonds is 7. The third-order valence-electron chi connectivity index (χ3n) is 2.78. The van der Waals surface area contributed by atoms with E-state index in [1.807, 2.05) is 24.3 Å². The molecule has 2 aromatic carbocycles. The number of halogens is 1. The quantitative estimate of drug-likeness (QED) is 0.555. The molecule has 0 amide bonds. The van der Waals surface area contributed by atoms with Crippen LogP contribution in [0.15, 0.2) is 53.0 Å². The molecule has 0 aliphatic carbocycles. The van der Waals surface area contributed by atoms with E-state index in [0.29, 0.717) is 5.75 Å². The summed E-state index contributed by atoms with van der Waals surface area (Å²) in [5.41, 5.74) is 1.54. The van der Waals surface area contributed by atoms with Gasteiger partial charge in [-0.25, -0.2) is 0 Å². The van der Waals surface area contributed by atoms with Crippen LogP contribution in [0.1, 0.15) is 0 Å². The zero-order valence-electron chi connectivity index (χ0n) is 13.5. The van der Waals surface area contributed by atoms with E-state index < -0.39 is 11.9 Å². The van der Waals surface area contributed by atoms with Gasteiger partial charge in [0.05, 0.1) is 7.11 Å². The van der Waals surface area contributed by atoms with Gasteiger partial charge in [0.15, 0.2) is 0 Å². The van der Waals surface area contributed by atoms with Crippen molar-refractivity contribution >= 4 is 39.2 Å². The molecule has 2 rings (SSSR count). The first-order chi connectivity index (χ1) is 11.9. The van der Waals surface area contributed by atoms with E-state index >= 15 is 0 Å². The lowest BCUT2D eigenvalue weighted by Crippen LogP contribution is -2.12. The number of nitrogens with one attached hydrogen (secondary N) is 2. The van der Waals surface area contributed by atoms with Gasteiger partial charge in [0, 0.05) is 21.9 Å². The molecule has 0 radical (unpaired) electrons. The first-order valence-electron chi connectivity index (χ1n) is 7.21. The van der Waals surface area contributed by atoms with Crippen LogP contribution in [0.25, 0.3) is 0 Å². The van der Waals surface area contributed by atoms with Crippen molar-refractivity contribution in [3.05, 3.63) is 53.0 Å². The molecule has 134 valence electrons. The first kappa shape index (κ1) is 20.3. The molecule has 7 nitrogen and oxygen atoms in total. The van der Waals surface area contributed by atoms with Gasteiger partial charge in [-0.2, -0.15) is 0 Å². The third-order valence-corrected chi connectivity index (χ3v) is 3.28. The lowest BCUT2D eigenvalue weighted by molar-refractivity contribution is -0.135. The van der Waals surface area contributed by atoms with Crippen molar-refractivity contribution in [2.45, 2.75) is 0 Å². The molecule has 0 heterocycles. The summed E-state index contributed by atoms with van der Waals surface area (Å²) in [4.78, 5) is 20.4. The average Bonchev–Trinajstić information content (AvgIpc) is 2.59. The molecule has 2 aromatic rings. The van der Waals surface area contributed by atoms with Crippen LogP contribution < -0.4 is 15.4 Å². The lowest BCUT2D eigenvalue weighted by Gasteiger charge is -2.04. The van der Waals surface area contributed by atoms with Crippen LogP contribution in [0.3, 0.4) is 0 Å². The highest BCUT2D eigenvalue weighted by atomic mass is 79.9. The Morgan fingerprint density at radius 1 is 0.960 bits per heavy atom. The van der Waals surface area contributed by atoms with Gasteiger partial charge in [0.2, 0.25) is 0 Å². The molecule has 0 saturated heterocycles. The number of carbonyl (C=O) groups is 2. The zero-order valence-corrected chi connectivity index (χ0v) is 15.1. The normalized spacial score (nSPS) is 9.36. The number of ether oxygens (including phenoxy) is 1. The van der Waals surface area contributed by atoms with Gasteiger partial charge in [-0.15, -0.1) is 0 Å². The Morgan fingerprint density at radius 2 is 1.48 bits per heavy atom. The number of hydrogen-bond donors (Lipinski definition) is 4. The summed E-state index contributed by atoms with van der Waals surface area (Å²) in [6.45, 7) is -0.149. The average molecular weight is 411 g/mol. The monoisotopic (exact) mass is 410 g/mol. The van der Waals surface area contributed by atoms with E-state index in [2.05, 4.69) is 26.6 Å². The lowest BCUT2D eigenvalue weighted by atomic mass is 10.3.